The molecule has 0 radical (unpaired) electrons. The SMILES string of the molecule is CC(N)C1CCN(c2ccc(F)cn2)C1. The molecule has 0 saturated carbocycles. The van der Waals surface area contributed by atoms with Crippen LogP contribution in [0.3, 0.4) is 0 Å². The van der Waals surface area contributed by atoms with Gasteiger partial charge in [-0.2, -0.15) is 0 Å². The summed E-state index contributed by atoms with van der Waals surface area (Å²) >= 11 is 0. The molecule has 0 bridgehead atoms. The molecular formula is C11H16FN3. The molecule has 1 aromatic rings. The monoisotopic (exact) mass is 209 g/mol. The van der Waals surface area contributed by atoms with Gasteiger partial charge < -0.3 is 10.6 Å². The summed E-state index contributed by atoms with van der Waals surface area (Å²) in [6, 6.07) is 3.39. The van der Waals surface area contributed by atoms with Gasteiger partial charge in [-0.25, -0.2) is 9.37 Å². The zero-order valence-electron chi connectivity index (χ0n) is 8.86. The number of aromatic nitrogens is 1. The lowest BCUT2D eigenvalue weighted by Crippen LogP contribution is -2.29. The van der Waals surface area contributed by atoms with Gasteiger partial charge in [-0.1, -0.05) is 0 Å². The Kier molecular flexibility index (Phi) is 2.86. The first-order chi connectivity index (χ1) is 7.16. The number of hydrogen-bond donors (Lipinski definition) is 1. The fraction of sp³-hybridized carbons (Fsp3) is 0.545. The molecule has 2 rings (SSSR count). The van der Waals surface area contributed by atoms with Crippen LogP contribution < -0.4 is 10.6 Å². The van der Waals surface area contributed by atoms with Crippen molar-refractivity contribution in [2.24, 2.45) is 11.7 Å². The molecular weight excluding hydrogens is 193 g/mol. The van der Waals surface area contributed by atoms with Gasteiger partial charge in [0.25, 0.3) is 0 Å². The van der Waals surface area contributed by atoms with E-state index >= 15 is 0 Å². The molecule has 4 heteroatoms. The van der Waals surface area contributed by atoms with Crippen LogP contribution in [0.2, 0.25) is 0 Å². The molecule has 15 heavy (non-hydrogen) atoms. The van der Waals surface area contributed by atoms with E-state index in [2.05, 4.69) is 9.88 Å². The molecule has 2 unspecified atom stereocenters. The Balaban J connectivity index is 2.04. The van der Waals surface area contributed by atoms with Gasteiger partial charge in [0.2, 0.25) is 0 Å². The molecule has 2 heterocycles. The minimum atomic E-state index is -0.290. The molecule has 0 amide bonds. The van der Waals surface area contributed by atoms with Crippen molar-refractivity contribution in [2.45, 2.75) is 19.4 Å². The number of nitrogens with zero attached hydrogens (tertiary/aromatic N) is 2. The smallest absolute Gasteiger partial charge is 0.141 e. The maximum Gasteiger partial charge on any atom is 0.141 e. The van der Waals surface area contributed by atoms with Crippen molar-refractivity contribution in [1.29, 1.82) is 0 Å². The normalized spacial score (nSPS) is 23.1. The lowest BCUT2D eigenvalue weighted by molar-refractivity contribution is 0.488. The van der Waals surface area contributed by atoms with Crippen LogP contribution in [0.4, 0.5) is 10.2 Å². The predicted octanol–water partition coefficient (Wildman–Crippen LogP) is 1.39. The van der Waals surface area contributed by atoms with Gasteiger partial charge in [-0.3, -0.25) is 0 Å². The van der Waals surface area contributed by atoms with Crippen molar-refractivity contribution in [3.63, 3.8) is 0 Å². The molecule has 82 valence electrons. The summed E-state index contributed by atoms with van der Waals surface area (Å²) < 4.78 is 12.7. The van der Waals surface area contributed by atoms with Crippen molar-refractivity contribution in [1.82, 2.24) is 4.98 Å². The van der Waals surface area contributed by atoms with E-state index < -0.39 is 0 Å². The first-order valence-electron chi connectivity index (χ1n) is 5.29. The van der Waals surface area contributed by atoms with Crippen LogP contribution in [0.25, 0.3) is 0 Å². The number of rotatable bonds is 2. The zero-order chi connectivity index (χ0) is 10.8. The second-order valence-electron chi connectivity index (χ2n) is 4.19. The van der Waals surface area contributed by atoms with Crippen LogP contribution in [0.15, 0.2) is 18.3 Å². The van der Waals surface area contributed by atoms with Crippen molar-refractivity contribution < 1.29 is 4.39 Å². The van der Waals surface area contributed by atoms with E-state index in [9.17, 15) is 4.39 Å². The third-order valence-corrected chi connectivity index (χ3v) is 3.00. The molecule has 0 spiro atoms. The highest BCUT2D eigenvalue weighted by molar-refractivity contribution is 5.39. The lowest BCUT2D eigenvalue weighted by atomic mass is 10.0. The van der Waals surface area contributed by atoms with Crippen LogP contribution in [0, 0.1) is 11.7 Å². The Morgan fingerprint density at radius 3 is 2.93 bits per heavy atom. The largest absolute Gasteiger partial charge is 0.356 e. The Hall–Kier alpha value is -1.16. The number of pyridine rings is 1. The minimum Gasteiger partial charge on any atom is -0.356 e. The number of nitrogens with two attached hydrogens (primary N) is 1. The average Bonchev–Trinajstić information content (AvgIpc) is 2.68. The van der Waals surface area contributed by atoms with Gasteiger partial charge in [0.05, 0.1) is 6.20 Å². The Morgan fingerprint density at radius 1 is 1.60 bits per heavy atom. The van der Waals surface area contributed by atoms with E-state index in [0.717, 1.165) is 25.3 Å². The van der Waals surface area contributed by atoms with Gasteiger partial charge in [0.1, 0.15) is 11.6 Å². The van der Waals surface area contributed by atoms with Gasteiger partial charge in [0.15, 0.2) is 0 Å². The maximum absolute atomic E-state index is 12.7. The molecule has 0 aliphatic carbocycles. The van der Waals surface area contributed by atoms with E-state index in [1.54, 1.807) is 6.07 Å². The Bertz CT molecular complexity index is 323. The Labute approximate surface area is 89.1 Å². The summed E-state index contributed by atoms with van der Waals surface area (Å²) in [5.74, 6) is 1.08. The van der Waals surface area contributed by atoms with Crippen molar-refractivity contribution in [3.8, 4) is 0 Å². The van der Waals surface area contributed by atoms with E-state index in [4.69, 9.17) is 5.73 Å². The van der Waals surface area contributed by atoms with E-state index in [-0.39, 0.29) is 11.9 Å². The third kappa shape index (κ3) is 2.26. The minimum absolute atomic E-state index is 0.218. The molecule has 1 aromatic heterocycles. The highest BCUT2D eigenvalue weighted by atomic mass is 19.1. The van der Waals surface area contributed by atoms with Gasteiger partial charge in [-0.05, 0) is 31.4 Å². The molecule has 1 fully saturated rings. The highest BCUT2D eigenvalue weighted by Gasteiger charge is 2.25. The van der Waals surface area contributed by atoms with Crippen molar-refractivity contribution in [3.05, 3.63) is 24.1 Å². The van der Waals surface area contributed by atoms with Crippen LogP contribution in [-0.4, -0.2) is 24.1 Å². The molecule has 2 atom stereocenters. The second-order valence-corrected chi connectivity index (χ2v) is 4.19. The topological polar surface area (TPSA) is 42.1 Å². The summed E-state index contributed by atoms with van der Waals surface area (Å²) in [6.07, 6.45) is 2.35. The van der Waals surface area contributed by atoms with Crippen LogP contribution >= 0.6 is 0 Å². The van der Waals surface area contributed by atoms with E-state index in [1.165, 1.54) is 12.3 Å². The molecule has 2 N–H and O–H groups in total. The fourth-order valence-electron chi connectivity index (χ4n) is 1.98. The predicted molar refractivity (Wildman–Crippen MR) is 58.2 cm³/mol. The van der Waals surface area contributed by atoms with Gasteiger partial charge in [0, 0.05) is 19.1 Å². The number of anilines is 1. The number of halogens is 1. The van der Waals surface area contributed by atoms with Crippen LogP contribution in [-0.2, 0) is 0 Å². The van der Waals surface area contributed by atoms with Crippen LogP contribution in [0.1, 0.15) is 13.3 Å². The van der Waals surface area contributed by atoms with Gasteiger partial charge >= 0.3 is 0 Å². The molecule has 1 saturated heterocycles. The molecule has 1 aliphatic rings. The second kappa shape index (κ2) is 4.14. The maximum atomic E-state index is 12.7. The lowest BCUT2D eigenvalue weighted by Gasteiger charge is -2.18. The molecule has 1 aliphatic heterocycles. The number of hydrogen-bond acceptors (Lipinski definition) is 3. The van der Waals surface area contributed by atoms with Crippen LogP contribution in [0.5, 0.6) is 0 Å². The summed E-state index contributed by atoms with van der Waals surface area (Å²) in [5, 5.41) is 0. The van der Waals surface area contributed by atoms with E-state index in [0.29, 0.717) is 5.92 Å². The first kappa shape index (κ1) is 10.4. The quantitative estimate of drug-likeness (QED) is 0.800. The average molecular weight is 209 g/mol. The van der Waals surface area contributed by atoms with E-state index in [1.807, 2.05) is 6.92 Å². The third-order valence-electron chi connectivity index (χ3n) is 3.00. The standard InChI is InChI=1S/C11H16FN3/c1-8(13)9-4-5-15(7-9)11-3-2-10(12)6-14-11/h2-3,6,8-9H,4-5,7,13H2,1H3. The molecule has 3 nitrogen and oxygen atoms in total. The molecule has 0 aromatic carbocycles. The van der Waals surface area contributed by atoms with Crippen molar-refractivity contribution >= 4 is 5.82 Å². The van der Waals surface area contributed by atoms with Gasteiger partial charge in [-0.15, -0.1) is 0 Å². The Morgan fingerprint density at radius 2 is 2.40 bits per heavy atom. The summed E-state index contributed by atoms with van der Waals surface area (Å²) in [7, 11) is 0. The summed E-state index contributed by atoms with van der Waals surface area (Å²) in [4.78, 5) is 6.22. The fourth-order valence-corrected chi connectivity index (χ4v) is 1.98. The first-order valence-corrected chi connectivity index (χ1v) is 5.29. The summed E-state index contributed by atoms with van der Waals surface area (Å²) in [5.41, 5.74) is 5.86. The van der Waals surface area contributed by atoms with Crippen molar-refractivity contribution in [2.75, 3.05) is 18.0 Å². The highest BCUT2D eigenvalue weighted by Crippen LogP contribution is 2.23. The summed E-state index contributed by atoms with van der Waals surface area (Å²) in [6.45, 7) is 3.92. The zero-order valence-corrected chi connectivity index (χ0v) is 8.86.